The molecule has 0 bridgehead atoms. The summed E-state index contributed by atoms with van der Waals surface area (Å²) >= 11 is 0. The normalized spacial score (nSPS) is 14.0. The van der Waals surface area contributed by atoms with Crippen LogP contribution in [0.4, 0.5) is 0 Å². The topological polar surface area (TPSA) is 197 Å². The highest BCUT2D eigenvalue weighted by molar-refractivity contribution is 5.94. The molecule has 4 atom stereocenters. The lowest BCUT2D eigenvalue weighted by atomic mass is 10.00. The number of aliphatic carboxylic acids is 1. The van der Waals surface area contributed by atoms with E-state index in [2.05, 4.69) is 16.0 Å². The van der Waals surface area contributed by atoms with Gasteiger partial charge in [0.15, 0.2) is 0 Å². The van der Waals surface area contributed by atoms with Gasteiger partial charge in [-0.3, -0.25) is 14.4 Å². The molecule has 40 heavy (non-hydrogen) atoms. The molecule has 11 heteroatoms. The van der Waals surface area contributed by atoms with Crippen molar-refractivity contribution >= 4 is 23.7 Å². The standard InChI is InChI=1S/C29H41N5O6/c1-18(2)25(34-26(36)22(31)16-20-11-13-21(35)14-12-20)28(38)32-23(10-6-7-15-30)27(37)33-24(29(39)40)17-19-8-4-3-5-9-19/h3-5,8-9,11-14,18,22-25,35H,6-7,10,15-17,30-31H2,1-2H3,(H,32,38)(H,33,37)(H,34,36)(H,39,40). The molecule has 0 heterocycles. The number of hydrogen-bond acceptors (Lipinski definition) is 7. The summed E-state index contributed by atoms with van der Waals surface area (Å²) in [5, 5.41) is 27.1. The van der Waals surface area contributed by atoms with Gasteiger partial charge in [0.05, 0.1) is 6.04 Å². The molecule has 9 N–H and O–H groups in total. The lowest BCUT2D eigenvalue weighted by Gasteiger charge is -2.27. The molecule has 0 saturated carbocycles. The van der Waals surface area contributed by atoms with Gasteiger partial charge in [-0.05, 0) is 61.4 Å². The van der Waals surface area contributed by atoms with Crippen molar-refractivity contribution in [3.8, 4) is 5.75 Å². The summed E-state index contributed by atoms with van der Waals surface area (Å²) in [6, 6.07) is 11.1. The van der Waals surface area contributed by atoms with E-state index in [9.17, 15) is 29.4 Å². The van der Waals surface area contributed by atoms with Gasteiger partial charge in [0.2, 0.25) is 17.7 Å². The molecule has 2 rings (SSSR count). The maximum absolute atomic E-state index is 13.3. The van der Waals surface area contributed by atoms with E-state index in [-0.39, 0.29) is 30.9 Å². The van der Waals surface area contributed by atoms with Gasteiger partial charge in [-0.15, -0.1) is 0 Å². The van der Waals surface area contributed by atoms with Gasteiger partial charge in [-0.25, -0.2) is 4.79 Å². The second-order valence-electron chi connectivity index (χ2n) is 10.1. The molecular formula is C29H41N5O6. The van der Waals surface area contributed by atoms with Crippen LogP contribution in [0.5, 0.6) is 5.75 Å². The Morgan fingerprint density at radius 3 is 1.95 bits per heavy atom. The van der Waals surface area contributed by atoms with Crippen LogP contribution in [0.2, 0.25) is 0 Å². The highest BCUT2D eigenvalue weighted by Crippen LogP contribution is 2.12. The minimum atomic E-state index is -1.20. The van der Waals surface area contributed by atoms with Crippen molar-refractivity contribution in [1.29, 1.82) is 0 Å². The first-order chi connectivity index (χ1) is 19.0. The van der Waals surface area contributed by atoms with Crippen LogP contribution in [0.3, 0.4) is 0 Å². The number of amides is 3. The average Bonchev–Trinajstić information content (AvgIpc) is 2.92. The van der Waals surface area contributed by atoms with E-state index in [4.69, 9.17) is 11.5 Å². The van der Waals surface area contributed by atoms with Crippen LogP contribution in [0.15, 0.2) is 54.6 Å². The number of nitrogens with one attached hydrogen (secondary N) is 3. The molecule has 0 spiro atoms. The number of phenols is 1. The van der Waals surface area contributed by atoms with Crippen LogP contribution in [0, 0.1) is 5.92 Å². The zero-order valence-electron chi connectivity index (χ0n) is 23.0. The van der Waals surface area contributed by atoms with Gasteiger partial charge in [-0.1, -0.05) is 56.3 Å². The van der Waals surface area contributed by atoms with Crippen LogP contribution in [0.25, 0.3) is 0 Å². The van der Waals surface area contributed by atoms with Gasteiger partial charge in [0.25, 0.3) is 0 Å². The largest absolute Gasteiger partial charge is 0.508 e. The highest BCUT2D eigenvalue weighted by Gasteiger charge is 2.31. The number of benzene rings is 2. The number of rotatable bonds is 16. The molecule has 0 aliphatic carbocycles. The number of carboxylic acids is 1. The third-order valence-corrected chi connectivity index (χ3v) is 6.45. The first-order valence-corrected chi connectivity index (χ1v) is 13.4. The van der Waals surface area contributed by atoms with Crippen LogP contribution < -0.4 is 27.4 Å². The third kappa shape index (κ3) is 10.7. The molecule has 2 aromatic carbocycles. The summed E-state index contributed by atoms with van der Waals surface area (Å²) in [6.07, 6.45) is 1.66. The summed E-state index contributed by atoms with van der Waals surface area (Å²) in [6.45, 7) is 3.90. The number of nitrogens with two attached hydrogens (primary N) is 2. The molecule has 0 aromatic heterocycles. The van der Waals surface area contributed by atoms with Crippen molar-refractivity contribution in [2.24, 2.45) is 17.4 Å². The minimum Gasteiger partial charge on any atom is -0.508 e. The zero-order valence-corrected chi connectivity index (χ0v) is 23.0. The number of phenolic OH excluding ortho intramolecular Hbond substituents is 1. The van der Waals surface area contributed by atoms with Crippen LogP contribution in [-0.2, 0) is 32.0 Å². The predicted molar refractivity (Wildman–Crippen MR) is 151 cm³/mol. The number of carboxylic acid groups (broad SMARTS) is 1. The van der Waals surface area contributed by atoms with Gasteiger partial charge in [-0.2, -0.15) is 0 Å². The Balaban J connectivity index is 2.10. The molecule has 0 saturated heterocycles. The van der Waals surface area contributed by atoms with Crippen molar-refractivity contribution < 1.29 is 29.4 Å². The van der Waals surface area contributed by atoms with E-state index in [1.165, 1.54) is 12.1 Å². The van der Waals surface area contributed by atoms with E-state index in [0.29, 0.717) is 19.4 Å². The predicted octanol–water partition coefficient (Wildman–Crippen LogP) is 0.829. The highest BCUT2D eigenvalue weighted by atomic mass is 16.4. The molecule has 2 aromatic rings. The average molecular weight is 556 g/mol. The summed E-state index contributed by atoms with van der Waals surface area (Å²) in [7, 11) is 0. The Kier molecular flexibility index (Phi) is 13.1. The first kappa shape index (κ1) is 32.3. The zero-order chi connectivity index (χ0) is 29.7. The van der Waals surface area contributed by atoms with E-state index >= 15 is 0 Å². The maximum atomic E-state index is 13.3. The number of unbranched alkanes of at least 4 members (excludes halogenated alkanes) is 1. The molecule has 218 valence electrons. The Labute approximate surface area is 234 Å². The Morgan fingerprint density at radius 1 is 0.775 bits per heavy atom. The molecule has 3 amide bonds. The van der Waals surface area contributed by atoms with E-state index in [0.717, 1.165) is 11.1 Å². The van der Waals surface area contributed by atoms with Crippen LogP contribution in [0.1, 0.15) is 44.2 Å². The van der Waals surface area contributed by atoms with Gasteiger partial charge in [0.1, 0.15) is 23.9 Å². The molecule has 0 radical (unpaired) electrons. The second-order valence-corrected chi connectivity index (χ2v) is 10.1. The lowest BCUT2D eigenvalue weighted by Crippen LogP contribution is -2.58. The fraction of sp³-hybridized carbons (Fsp3) is 0.448. The summed E-state index contributed by atoms with van der Waals surface area (Å²) in [4.78, 5) is 51.2. The minimum absolute atomic E-state index is 0.0783. The van der Waals surface area contributed by atoms with E-state index in [1.807, 2.05) is 6.07 Å². The quantitative estimate of drug-likeness (QED) is 0.148. The third-order valence-electron chi connectivity index (χ3n) is 6.45. The lowest BCUT2D eigenvalue weighted by molar-refractivity contribution is -0.142. The number of hydrogen-bond donors (Lipinski definition) is 7. The Morgan fingerprint density at radius 2 is 1.38 bits per heavy atom. The molecular weight excluding hydrogens is 514 g/mol. The monoisotopic (exact) mass is 555 g/mol. The molecule has 4 unspecified atom stereocenters. The van der Waals surface area contributed by atoms with Crippen LogP contribution in [-0.4, -0.2) is 64.6 Å². The molecule has 11 nitrogen and oxygen atoms in total. The van der Waals surface area contributed by atoms with Gasteiger partial charge < -0.3 is 37.6 Å². The number of carbonyl (C=O) groups excluding carboxylic acids is 3. The Hall–Kier alpha value is -3.96. The van der Waals surface area contributed by atoms with Crippen molar-refractivity contribution in [3.63, 3.8) is 0 Å². The van der Waals surface area contributed by atoms with Crippen molar-refractivity contribution in [3.05, 3.63) is 65.7 Å². The summed E-state index contributed by atoms with van der Waals surface area (Å²) in [5.74, 6) is -3.19. The SMILES string of the molecule is CC(C)C(NC(=O)C(N)Cc1ccc(O)cc1)C(=O)NC(CCCCN)C(=O)NC(Cc1ccccc1)C(=O)O. The maximum Gasteiger partial charge on any atom is 0.326 e. The number of carbonyl (C=O) groups is 4. The van der Waals surface area contributed by atoms with Crippen molar-refractivity contribution in [2.45, 2.75) is 70.1 Å². The van der Waals surface area contributed by atoms with Crippen molar-refractivity contribution in [2.75, 3.05) is 6.54 Å². The Bertz CT molecular complexity index is 1110. The molecule has 0 fully saturated rings. The fourth-order valence-corrected chi connectivity index (χ4v) is 4.12. The summed E-state index contributed by atoms with van der Waals surface area (Å²) < 4.78 is 0. The van der Waals surface area contributed by atoms with Gasteiger partial charge >= 0.3 is 5.97 Å². The number of aromatic hydroxyl groups is 1. The first-order valence-electron chi connectivity index (χ1n) is 13.4. The fourth-order valence-electron chi connectivity index (χ4n) is 4.12. The molecule has 0 aliphatic rings. The second kappa shape index (κ2) is 16.2. The van der Waals surface area contributed by atoms with E-state index in [1.54, 1.807) is 50.2 Å². The van der Waals surface area contributed by atoms with Gasteiger partial charge in [0, 0.05) is 6.42 Å². The van der Waals surface area contributed by atoms with Crippen LogP contribution >= 0.6 is 0 Å². The smallest absolute Gasteiger partial charge is 0.326 e. The van der Waals surface area contributed by atoms with E-state index < -0.39 is 47.9 Å². The molecule has 0 aliphatic heterocycles. The van der Waals surface area contributed by atoms with Crippen molar-refractivity contribution in [1.82, 2.24) is 16.0 Å². The summed E-state index contributed by atoms with van der Waals surface area (Å²) in [5.41, 5.74) is 13.2.